The van der Waals surface area contributed by atoms with Crippen LogP contribution in [-0.2, 0) is 0 Å². The van der Waals surface area contributed by atoms with Crippen molar-refractivity contribution in [2.45, 2.75) is 18.9 Å². The molecule has 0 saturated carbocycles. The highest BCUT2D eigenvalue weighted by Crippen LogP contribution is 2.22. The molecule has 1 rings (SSSR count). The Labute approximate surface area is 112 Å². The molecule has 1 unspecified atom stereocenters. The fourth-order valence-corrected chi connectivity index (χ4v) is 2.27. The lowest BCUT2D eigenvalue weighted by molar-refractivity contribution is 0.222. The van der Waals surface area contributed by atoms with Crippen molar-refractivity contribution in [1.29, 1.82) is 0 Å². The minimum atomic E-state index is 0.443. The van der Waals surface area contributed by atoms with E-state index < -0.39 is 0 Å². The Morgan fingerprint density at radius 3 is 2.28 bits per heavy atom. The van der Waals surface area contributed by atoms with E-state index in [1.807, 2.05) is 0 Å². The quantitative estimate of drug-likeness (QED) is 0.764. The molecule has 18 heavy (non-hydrogen) atoms. The molecule has 0 amide bonds. The normalized spacial score (nSPS) is 13.2. The second-order valence-electron chi connectivity index (χ2n) is 5.14. The summed E-state index contributed by atoms with van der Waals surface area (Å²) in [5.41, 5.74) is 7.12. The van der Waals surface area contributed by atoms with Crippen molar-refractivity contribution in [3.63, 3.8) is 0 Å². The van der Waals surface area contributed by atoms with Gasteiger partial charge >= 0.3 is 0 Å². The van der Waals surface area contributed by atoms with Gasteiger partial charge in [0.1, 0.15) is 0 Å². The molecule has 0 radical (unpaired) electrons. The lowest BCUT2D eigenvalue weighted by atomic mass is 10.0. The van der Waals surface area contributed by atoms with Gasteiger partial charge in [0.15, 0.2) is 0 Å². The third kappa shape index (κ3) is 5.17. The number of hydrogen-bond donors (Lipinski definition) is 1. The Kier molecular flexibility index (Phi) is 6.94. The summed E-state index contributed by atoms with van der Waals surface area (Å²) in [6, 6.07) is 11.1. The zero-order chi connectivity index (χ0) is 13.4. The molecule has 0 saturated heterocycles. The number of nitrogens with zero attached hydrogens (tertiary/aromatic N) is 2. The molecule has 1 atom stereocenters. The Balaban J connectivity index is 2.56. The van der Waals surface area contributed by atoms with Gasteiger partial charge in [-0.2, -0.15) is 0 Å². The summed E-state index contributed by atoms with van der Waals surface area (Å²) in [5.74, 6) is 0. The average Bonchev–Trinajstić information content (AvgIpc) is 2.36. The van der Waals surface area contributed by atoms with Gasteiger partial charge in [-0.25, -0.2) is 0 Å². The van der Waals surface area contributed by atoms with E-state index in [1.54, 1.807) is 0 Å². The lowest BCUT2D eigenvalue weighted by Crippen LogP contribution is -2.29. The summed E-state index contributed by atoms with van der Waals surface area (Å²) in [6.07, 6.45) is 2.21. The summed E-state index contributed by atoms with van der Waals surface area (Å²) < 4.78 is 0. The van der Waals surface area contributed by atoms with Gasteiger partial charge < -0.3 is 10.6 Å². The van der Waals surface area contributed by atoms with Gasteiger partial charge in [0, 0.05) is 6.04 Å². The Morgan fingerprint density at radius 1 is 1.06 bits per heavy atom. The second-order valence-corrected chi connectivity index (χ2v) is 5.14. The van der Waals surface area contributed by atoms with Crippen LogP contribution in [0.25, 0.3) is 0 Å². The first-order valence-corrected chi connectivity index (χ1v) is 6.75. The summed E-state index contributed by atoms with van der Waals surface area (Å²) in [6.45, 7) is 2.98. The monoisotopic (exact) mass is 249 g/mol. The largest absolute Gasteiger partial charge is 0.330 e. The molecule has 0 aliphatic carbocycles. The topological polar surface area (TPSA) is 32.5 Å². The maximum atomic E-state index is 5.75. The van der Waals surface area contributed by atoms with Crippen molar-refractivity contribution in [3.05, 3.63) is 35.9 Å². The van der Waals surface area contributed by atoms with Crippen molar-refractivity contribution >= 4 is 0 Å². The molecule has 1 aromatic rings. The van der Waals surface area contributed by atoms with Crippen LogP contribution in [0.15, 0.2) is 30.3 Å². The van der Waals surface area contributed by atoms with Crippen LogP contribution >= 0.6 is 0 Å². The van der Waals surface area contributed by atoms with E-state index in [4.69, 9.17) is 5.73 Å². The van der Waals surface area contributed by atoms with E-state index in [1.165, 1.54) is 12.0 Å². The highest BCUT2D eigenvalue weighted by molar-refractivity contribution is 5.18. The van der Waals surface area contributed by atoms with E-state index in [9.17, 15) is 0 Å². The fraction of sp³-hybridized carbons (Fsp3) is 0.600. The van der Waals surface area contributed by atoms with E-state index in [-0.39, 0.29) is 0 Å². The van der Waals surface area contributed by atoms with Crippen LogP contribution in [-0.4, -0.2) is 50.6 Å². The Bertz CT molecular complexity index is 311. The first-order valence-electron chi connectivity index (χ1n) is 6.75. The molecule has 0 heterocycles. The smallest absolute Gasteiger partial charge is 0.0357 e. The molecule has 2 N–H and O–H groups in total. The van der Waals surface area contributed by atoms with E-state index in [0.29, 0.717) is 6.04 Å². The predicted molar refractivity (Wildman–Crippen MR) is 78.7 cm³/mol. The predicted octanol–water partition coefficient (Wildman–Crippen LogP) is 1.96. The van der Waals surface area contributed by atoms with Crippen molar-refractivity contribution in [2.75, 3.05) is 40.8 Å². The molecule has 0 spiro atoms. The minimum absolute atomic E-state index is 0.443. The number of benzene rings is 1. The molecular formula is C15H27N3. The highest BCUT2D eigenvalue weighted by atomic mass is 15.1. The van der Waals surface area contributed by atoms with Gasteiger partial charge in [-0.05, 0) is 59.2 Å². The van der Waals surface area contributed by atoms with Crippen molar-refractivity contribution < 1.29 is 0 Å². The summed E-state index contributed by atoms with van der Waals surface area (Å²) >= 11 is 0. The van der Waals surface area contributed by atoms with Crippen LogP contribution in [0.5, 0.6) is 0 Å². The maximum Gasteiger partial charge on any atom is 0.0357 e. The van der Waals surface area contributed by atoms with Crippen molar-refractivity contribution in [2.24, 2.45) is 5.73 Å². The summed E-state index contributed by atoms with van der Waals surface area (Å²) in [4.78, 5) is 4.65. The van der Waals surface area contributed by atoms with Crippen LogP contribution < -0.4 is 5.73 Å². The van der Waals surface area contributed by atoms with Crippen LogP contribution in [0.2, 0.25) is 0 Å². The molecule has 0 aliphatic rings. The Hall–Kier alpha value is -0.900. The molecule has 0 aliphatic heterocycles. The van der Waals surface area contributed by atoms with Gasteiger partial charge in [-0.1, -0.05) is 30.3 Å². The third-order valence-electron chi connectivity index (χ3n) is 3.27. The average molecular weight is 249 g/mol. The van der Waals surface area contributed by atoms with Crippen molar-refractivity contribution in [3.8, 4) is 0 Å². The summed E-state index contributed by atoms with van der Waals surface area (Å²) in [7, 11) is 6.44. The van der Waals surface area contributed by atoms with Gasteiger partial charge in [-0.3, -0.25) is 4.90 Å². The maximum absolute atomic E-state index is 5.75. The van der Waals surface area contributed by atoms with Gasteiger partial charge in [-0.15, -0.1) is 0 Å². The van der Waals surface area contributed by atoms with Crippen LogP contribution in [0.3, 0.4) is 0 Å². The molecule has 3 nitrogen and oxygen atoms in total. The lowest BCUT2D eigenvalue weighted by Gasteiger charge is -2.28. The zero-order valence-electron chi connectivity index (χ0n) is 12.0. The van der Waals surface area contributed by atoms with Gasteiger partial charge in [0.25, 0.3) is 0 Å². The molecule has 102 valence electrons. The Morgan fingerprint density at radius 2 is 1.72 bits per heavy atom. The molecule has 3 heteroatoms. The SMILES string of the molecule is CN(C)CCCN(C)C(CCN)c1ccccc1. The summed E-state index contributed by atoms with van der Waals surface area (Å²) in [5, 5.41) is 0. The fourth-order valence-electron chi connectivity index (χ4n) is 2.27. The molecular weight excluding hydrogens is 222 g/mol. The molecule has 1 aromatic carbocycles. The molecule has 0 fully saturated rings. The van der Waals surface area contributed by atoms with Crippen LogP contribution in [0.1, 0.15) is 24.4 Å². The molecule has 0 bridgehead atoms. The highest BCUT2D eigenvalue weighted by Gasteiger charge is 2.15. The van der Waals surface area contributed by atoms with Crippen LogP contribution in [0.4, 0.5) is 0 Å². The first-order chi connectivity index (χ1) is 8.65. The zero-order valence-corrected chi connectivity index (χ0v) is 12.0. The van der Waals surface area contributed by atoms with Crippen molar-refractivity contribution in [1.82, 2.24) is 9.80 Å². The number of rotatable bonds is 8. The first kappa shape index (κ1) is 15.2. The van der Waals surface area contributed by atoms with E-state index >= 15 is 0 Å². The minimum Gasteiger partial charge on any atom is -0.330 e. The second kappa shape index (κ2) is 8.25. The number of nitrogens with two attached hydrogens (primary N) is 1. The third-order valence-corrected chi connectivity index (χ3v) is 3.27. The van der Waals surface area contributed by atoms with Crippen LogP contribution in [0, 0.1) is 0 Å². The molecule has 0 aromatic heterocycles. The number of hydrogen-bond acceptors (Lipinski definition) is 3. The standard InChI is InChI=1S/C15H27N3/c1-17(2)12-7-13-18(3)15(10-11-16)14-8-5-4-6-9-14/h4-6,8-9,15H,7,10-13,16H2,1-3H3. The van der Waals surface area contributed by atoms with E-state index in [2.05, 4.69) is 61.3 Å². The van der Waals surface area contributed by atoms with Gasteiger partial charge in [0.05, 0.1) is 0 Å². The van der Waals surface area contributed by atoms with Gasteiger partial charge in [0.2, 0.25) is 0 Å². The van der Waals surface area contributed by atoms with E-state index in [0.717, 1.165) is 26.1 Å².